The molecule has 5 heteroatoms. The van der Waals surface area contributed by atoms with E-state index >= 15 is 0 Å². The van der Waals surface area contributed by atoms with E-state index in [1.54, 1.807) is 7.11 Å². The van der Waals surface area contributed by atoms with Gasteiger partial charge in [-0.25, -0.2) is 4.79 Å². The van der Waals surface area contributed by atoms with Crippen LogP contribution in [0.15, 0.2) is 0 Å². The molecule has 0 aliphatic heterocycles. The number of rotatable bonds is 13. The highest BCUT2D eigenvalue weighted by molar-refractivity contribution is 5.72. The summed E-state index contributed by atoms with van der Waals surface area (Å²) in [5.74, 6) is -0.886. The van der Waals surface area contributed by atoms with Gasteiger partial charge in [-0.05, 0) is 6.42 Å². The van der Waals surface area contributed by atoms with Crippen LogP contribution < -0.4 is 0 Å². The second-order valence-electron chi connectivity index (χ2n) is 4.15. The van der Waals surface area contributed by atoms with Gasteiger partial charge in [0.15, 0.2) is 6.10 Å². The molecule has 0 heterocycles. The third-order valence-electron chi connectivity index (χ3n) is 2.57. The van der Waals surface area contributed by atoms with Gasteiger partial charge in [0, 0.05) is 7.11 Å². The van der Waals surface area contributed by atoms with Crippen LogP contribution in [0.1, 0.15) is 39.0 Å². The zero-order valence-electron chi connectivity index (χ0n) is 11.5. The molecule has 0 rings (SSSR count). The minimum Gasteiger partial charge on any atom is -0.479 e. The Labute approximate surface area is 109 Å². The van der Waals surface area contributed by atoms with Crippen molar-refractivity contribution < 1.29 is 24.1 Å². The molecule has 0 spiro atoms. The summed E-state index contributed by atoms with van der Waals surface area (Å²) in [6.07, 6.45) is 4.13. The Morgan fingerprint density at radius 2 is 1.83 bits per heavy atom. The van der Waals surface area contributed by atoms with Crippen molar-refractivity contribution in [3.05, 3.63) is 0 Å². The Bertz CT molecular complexity index is 196. The molecule has 0 aliphatic rings. The molecule has 1 atom stereocenters. The van der Waals surface area contributed by atoms with Gasteiger partial charge >= 0.3 is 5.97 Å². The number of hydrogen-bond donors (Lipinski definition) is 1. The highest BCUT2D eigenvalue weighted by Crippen LogP contribution is 2.08. The molecule has 0 aromatic heterocycles. The van der Waals surface area contributed by atoms with Crippen LogP contribution in [-0.4, -0.2) is 50.7 Å². The minimum absolute atomic E-state index is 0.314. The van der Waals surface area contributed by atoms with E-state index < -0.39 is 12.1 Å². The molecule has 18 heavy (non-hydrogen) atoms. The zero-order valence-corrected chi connectivity index (χ0v) is 11.5. The second-order valence-corrected chi connectivity index (χ2v) is 4.15. The van der Waals surface area contributed by atoms with Gasteiger partial charge < -0.3 is 19.3 Å². The van der Waals surface area contributed by atoms with Crippen LogP contribution in [-0.2, 0) is 19.0 Å². The molecule has 0 amide bonds. The summed E-state index contributed by atoms with van der Waals surface area (Å²) in [5.41, 5.74) is 0. The van der Waals surface area contributed by atoms with E-state index in [2.05, 4.69) is 6.92 Å². The first-order valence-electron chi connectivity index (χ1n) is 6.63. The number of carbonyl (C=O) groups is 1. The first-order chi connectivity index (χ1) is 8.72. The lowest BCUT2D eigenvalue weighted by molar-refractivity contribution is -0.152. The number of hydrogen-bond acceptors (Lipinski definition) is 4. The van der Waals surface area contributed by atoms with Gasteiger partial charge in [0.25, 0.3) is 0 Å². The van der Waals surface area contributed by atoms with Crippen molar-refractivity contribution in [3.63, 3.8) is 0 Å². The normalized spacial score (nSPS) is 12.6. The summed E-state index contributed by atoms with van der Waals surface area (Å²) in [5, 5.41) is 8.98. The summed E-state index contributed by atoms with van der Waals surface area (Å²) in [4.78, 5) is 10.9. The molecule has 0 aliphatic carbocycles. The Kier molecular flexibility index (Phi) is 12.3. The van der Waals surface area contributed by atoms with Gasteiger partial charge in [0.05, 0.1) is 26.4 Å². The number of unbranched alkanes of at least 4 members (excludes halogenated alkanes) is 3. The van der Waals surface area contributed by atoms with E-state index in [1.807, 2.05) is 0 Å². The molecule has 1 N–H and O–H groups in total. The lowest BCUT2D eigenvalue weighted by Gasteiger charge is -2.13. The minimum atomic E-state index is -0.886. The quantitative estimate of drug-likeness (QED) is 0.515. The van der Waals surface area contributed by atoms with E-state index in [0.29, 0.717) is 32.8 Å². The van der Waals surface area contributed by atoms with Crippen LogP contribution in [0.3, 0.4) is 0 Å². The first-order valence-corrected chi connectivity index (χ1v) is 6.63. The van der Waals surface area contributed by atoms with Crippen LogP contribution in [0.25, 0.3) is 0 Å². The van der Waals surface area contributed by atoms with Crippen molar-refractivity contribution in [1.82, 2.24) is 0 Å². The molecular formula is C13H26O5. The van der Waals surface area contributed by atoms with Crippen LogP contribution in [0, 0.1) is 0 Å². The number of carboxylic acids is 1. The average molecular weight is 262 g/mol. The van der Waals surface area contributed by atoms with Crippen LogP contribution in [0.2, 0.25) is 0 Å². The van der Waals surface area contributed by atoms with Gasteiger partial charge in [-0.3, -0.25) is 0 Å². The van der Waals surface area contributed by atoms with E-state index in [0.717, 1.165) is 25.7 Å². The van der Waals surface area contributed by atoms with Crippen LogP contribution in [0.5, 0.6) is 0 Å². The maximum Gasteiger partial charge on any atom is 0.332 e. The molecule has 0 aromatic rings. The molecular weight excluding hydrogens is 236 g/mol. The monoisotopic (exact) mass is 262 g/mol. The van der Waals surface area contributed by atoms with E-state index in [4.69, 9.17) is 19.3 Å². The predicted octanol–water partition coefficient (Wildman–Crippen LogP) is 2.09. The largest absolute Gasteiger partial charge is 0.479 e. The number of carboxylic acid groups (broad SMARTS) is 1. The highest BCUT2D eigenvalue weighted by Gasteiger charge is 2.16. The predicted molar refractivity (Wildman–Crippen MR) is 68.8 cm³/mol. The summed E-state index contributed by atoms with van der Waals surface area (Å²) >= 11 is 0. The Hall–Kier alpha value is -0.650. The third kappa shape index (κ3) is 10.5. The molecule has 0 saturated heterocycles. The van der Waals surface area contributed by atoms with Crippen molar-refractivity contribution in [3.8, 4) is 0 Å². The van der Waals surface area contributed by atoms with Gasteiger partial charge in [0.2, 0.25) is 0 Å². The number of methoxy groups -OCH3 is 1. The first kappa shape index (κ1) is 17.4. The molecule has 0 fully saturated rings. The smallest absolute Gasteiger partial charge is 0.332 e. The lowest BCUT2D eigenvalue weighted by atomic mass is 10.1. The Morgan fingerprint density at radius 1 is 1.11 bits per heavy atom. The number of ether oxygens (including phenoxy) is 3. The van der Waals surface area contributed by atoms with E-state index in [-0.39, 0.29) is 0 Å². The molecule has 1 unspecified atom stereocenters. The van der Waals surface area contributed by atoms with Gasteiger partial charge in [0.1, 0.15) is 0 Å². The highest BCUT2D eigenvalue weighted by atomic mass is 16.6. The fourth-order valence-corrected chi connectivity index (χ4v) is 1.53. The summed E-state index contributed by atoms with van der Waals surface area (Å²) in [7, 11) is 1.61. The fourth-order valence-electron chi connectivity index (χ4n) is 1.53. The maximum atomic E-state index is 10.9. The van der Waals surface area contributed by atoms with Crippen LogP contribution in [0.4, 0.5) is 0 Å². The van der Waals surface area contributed by atoms with Crippen molar-refractivity contribution in [2.45, 2.75) is 45.1 Å². The summed E-state index contributed by atoms with van der Waals surface area (Å²) < 4.78 is 15.3. The molecule has 5 nitrogen and oxygen atoms in total. The van der Waals surface area contributed by atoms with Crippen molar-refractivity contribution >= 4 is 5.97 Å². The van der Waals surface area contributed by atoms with E-state index in [1.165, 1.54) is 0 Å². The lowest BCUT2D eigenvalue weighted by Crippen LogP contribution is -2.25. The topological polar surface area (TPSA) is 65.0 Å². The Balaban J connectivity index is 3.54. The molecule has 0 aromatic carbocycles. The summed E-state index contributed by atoms with van der Waals surface area (Å²) in [6.45, 7) is 3.90. The van der Waals surface area contributed by atoms with Crippen molar-refractivity contribution in [1.29, 1.82) is 0 Å². The molecule has 0 bridgehead atoms. The number of aliphatic carboxylic acids is 1. The third-order valence-corrected chi connectivity index (χ3v) is 2.57. The van der Waals surface area contributed by atoms with Crippen molar-refractivity contribution in [2.24, 2.45) is 0 Å². The summed E-state index contributed by atoms with van der Waals surface area (Å²) in [6, 6.07) is 0. The van der Waals surface area contributed by atoms with Gasteiger partial charge in [-0.2, -0.15) is 0 Å². The molecule has 0 saturated carbocycles. The Morgan fingerprint density at radius 3 is 2.44 bits per heavy atom. The maximum absolute atomic E-state index is 10.9. The van der Waals surface area contributed by atoms with Gasteiger partial charge in [-0.1, -0.05) is 32.6 Å². The molecule has 0 radical (unpaired) electrons. The van der Waals surface area contributed by atoms with Crippen LogP contribution >= 0.6 is 0 Å². The average Bonchev–Trinajstić information content (AvgIpc) is 2.35. The zero-order chi connectivity index (χ0) is 13.6. The molecule has 108 valence electrons. The second kappa shape index (κ2) is 12.8. The fraction of sp³-hybridized carbons (Fsp3) is 0.923. The van der Waals surface area contributed by atoms with E-state index in [9.17, 15) is 4.79 Å². The van der Waals surface area contributed by atoms with Crippen molar-refractivity contribution in [2.75, 3.05) is 33.5 Å². The standard InChI is InChI=1S/C13H26O5/c1-3-4-5-6-7-12(13(14)15)18-11-10-17-9-8-16-2/h12H,3-11H2,1-2H3,(H,14,15). The SMILES string of the molecule is CCCCCCC(OCCOCCOC)C(=O)O. The van der Waals surface area contributed by atoms with Gasteiger partial charge in [-0.15, -0.1) is 0 Å².